The van der Waals surface area contributed by atoms with Crippen LogP contribution in [0, 0.1) is 6.92 Å². The van der Waals surface area contributed by atoms with Gasteiger partial charge in [-0.25, -0.2) is 9.78 Å². The Balaban J connectivity index is 1.59. The number of aromatic carboxylic acids is 1. The summed E-state index contributed by atoms with van der Waals surface area (Å²) < 4.78 is 11.4. The highest BCUT2D eigenvalue weighted by atomic mass is 16.5. The first kappa shape index (κ1) is 16.3. The zero-order valence-corrected chi connectivity index (χ0v) is 14.2. The van der Waals surface area contributed by atoms with Gasteiger partial charge in [0, 0.05) is 35.6 Å². The summed E-state index contributed by atoms with van der Waals surface area (Å²) in [6.07, 6.45) is 5.21. The van der Waals surface area contributed by atoms with Crippen molar-refractivity contribution in [1.82, 2.24) is 15.1 Å². The Hall–Kier alpha value is -3.22. The van der Waals surface area contributed by atoms with E-state index >= 15 is 0 Å². The molecule has 4 rings (SSSR count). The van der Waals surface area contributed by atoms with Crippen LogP contribution in [0.2, 0.25) is 0 Å². The average molecular weight is 351 g/mol. The number of carboxylic acids is 1. The maximum Gasteiger partial charge on any atom is 0.337 e. The van der Waals surface area contributed by atoms with Gasteiger partial charge >= 0.3 is 5.97 Å². The van der Waals surface area contributed by atoms with E-state index < -0.39 is 5.97 Å². The number of nitrogens with zero attached hydrogens (tertiary/aromatic N) is 3. The minimum absolute atomic E-state index is 0.118. The molecule has 0 amide bonds. The molecule has 0 radical (unpaired) electrons. The van der Waals surface area contributed by atoms with Gasteiger partial charge in [-0.2, -0.15) is 0 Å². The lowest BCUT2D eigenvalue weighted by molar-refractivity contribution is 0.0696. The van der Waals surface area contributed by atoms with Gasteiger partial charge in [-0.05, 0) is 38.0 Å². The molecule has 0 aliphatic heterocycles. The summed E-state index contributed by atoms with van der Waals surface area (Å²) in [6, 6.07) is 6.89. The van der Waals surface area contributed by atoms with E-state index in [0.717, 1.165) is 41.1 Å². The van der Waals surface area contributed by atoms with Crippen molar-refractivity contribution >= 4 is 5.97 Å². The fraction of sp³-hybridized carbons (Fsp3) is 0.263. The molecule has 3 aromatic heterocycles. The molecule has 3 heterocycles. The largest absolute Gasteiger partial charge is 0.478 e. The first-order chi connectivity index (χ1) is 12.6. The SMILES string of the molecule is Cc1ccc(-c2noc(C3CC3)c2COc2ccc(C(=O)O)cn2)cn1. The van der Waals surface area contributed by atoms with Crippen LogP contribution in [-0.4, -0.2) is 26.2 Å². The normalized spacial score (nSPS) is 13.6. The Kier molecular flexibility index (Phi) is 4.12. The van der Waals surface area contributed by atoms with Gasteiger partial charge in [-0.1, -0.05) is 5.16 Å². The van der Waals surface area contributed by atoms with Crippen molar-refractivity contribution in [2.75, 3.05) is 0 Å². The monoisotopic (exact) mass is 351 g/mol. The molecule has 0 atom stereocenters. The molecule has 0 unspecified atom stereocenters. The van der Waals surface area contributed by atoms with E-state index in [1.807, 2.05) is 19.1 Å². The Labute approximate surface area is 149 Å². The standard InChI is InChI=1S/C19H17N3O4/c1-11-2-3-13(8-20-11)17-15(18(26-22-17)12-4-5-12)10-25-16-7-6-14(9-21-16)19(23)24/h2-3,6-9,12H,4-5,10H2,1H3,(H,23,24). The number of carbonyl (C=O) groups is 1. The van der Waals surface area contributed by atoms with Crippen molar-refractivity contribution in [3.05, 3.63) is 59.2 Å². The summed E-state index contributed by atoms with van der Waals surface area (Å²) in [5.74, 6) is 0.567. The van der Waals surface area contributed by atoms with E-state index in [4.69, 9.17) is 14.4 Å². The Bertz CT molecular complexity index is 928. The molecule has 7 heteroatoms. The lowest BCUT2D eigenvalue weighted by Crippen LogP contribution is -2.02. The van der Waals surface area contributed by atoms with Crippen LogP contribution in [0.5, 0.6) is 5.88 Å². The molecule has 1 aliphatic carbocycles. The van der Waals surface area contributed by atoms with Crippen molar-refractivity contribution in [2.45, 2.75) is 32.3 Å². The van der Waals surface area contributed by atoms with E-state index in [-0.39, 0.29) is 12.2 Å². The average Bonchev–Trinajstić information content (AvgIpc) is 3.41. The van der Waals surface area contributed by atoms with Crippen LogP contribution in [0.4, 0.5) is 0 Å². The van der Waals surface area contributed by atoms with Crippen molar-refractivity contribution in [2.24, 2.45) is 0 Å². The van der Waals surface area contributed by atoms with Crippen molar-refractivity contribution in [1.29, 1.82) is 0 Å². The smallest absolute Gasteiger partial charge is 0.337 e. The molecule has 0 aromatic carbocycles. The number of carboxylic acid groups (broad SMARTS) is 1. The second-order valence-electron chi connectivity index (χ2n) is 6.32. The maximum atomic E-state index is 10.9. The minimum Gasteiger partial charge on any atom is -0.478 e. The van der Waals surface area contributed by atoms with Crippen LogP contribution >= 0.6 is 0 Å². The topological polar surface area (TPSA) is 98.3 Å². The van der Waals surface area contributed by atoms with Gasteiger partial charge in [0.15, 0.2) is 0 Å². The summed E-state index contributed by atoms with van der Waals surface area (Å²) in [5, 5.41) is 13.2. The van der Waals surface area contributed by atoms with Crippen LogP contribution in [-0.2, 0) is 6.61 Å². The van der Waals surface area contributed by atoms with Gasteiger partial charge in [0.2, 0.25) is 5.88 Å². The third-order valence-corrected chi connectivity index (χ3v) is 4.30. The van der Waals surface area contributed by atoms with Crippen LogP contribution in [0.25, 0.3) is 11.3 Å². The molecule has 0 spiro atoms. The Morgan fingerprint density at radius 3 is 2.69 bits per heavy atom. The van der Waals surface area contributed by atoms with E-state index in [0.29, 0.717) is 11.8 Å². The van der Waals surface area contributed by atoms with Crippen LogP contribution in [0.1, 0.15) is 46.1 Å². The van der Waals surface area contributed by atoms with E-state index in [1.54, 1.807) is 12.3 Å². The number of ether oxygens (including phenoxy) is 1. The molecule has 1 aliphatic rings. The molecule has 132 valence electrons. The number of rotatable bonds is 6. The number of hydrogen-bond donors (Lipinski definition) is 1. The Morgan fingerprint density at radius 2 is 2.08 bits per heavy atom. The highest BCUT2D eigenvalue weighted by Gasteiger charge is 2.33. The Morgan fingerprint density at radius 1 is 1.23 bits per heavy atom. The molecular formula is C19H17N3O4. The van der Waals surface area contributed by atoms with Gasteiger partial charge in [0.1, 0.15) is 18.1 Å². The highest BCUT2D eigenvalue weighted by molar-refractivity contribution is 5.87. The van der Waals surface area contributed by atoms with Gasteiger partial charge in [0.25, 0.3) is 0 Å². The molecule has 26 heavy (non-hydrogen) atoms. The molecule has 1 fully saturated rings. The second kappa shape index (κ2) is 6.59. The fourth-order valence-corrected chi connectivity index (χ4v) is 2.70. The molecule has 1 saturated carbocycles. The van der Waals surface area contributed by atoms with Crippen LogP contribution in [0.3, 0.4) is 0 Å². The molecule has 3 aromatic rings. The molecular weight excluding hydrogens is 334 g/mol. The molecule has 1 N–H and O–H groups in total. The van der Waals surface area contributed by atoms with Gasteiger partial charge < -0.3 is 14.4 Å². The first-order valence-corrected chi connectivity index (χ1v) is 8.35. The van der Waals surface area contributed by atoms with E-state index in [1.165, 1.54) is 12.3 Å². The van der Waals surface area contributed by atoms with Crippen LogP contribution in [0.15, 0.2) is 41.2 Å². The fourth-order valence-electron chi connectivity index (χ4n) is 2.70. The molecule has 0 bridgehead atoms. The number of pyridine rings is 2. The third-order valence-electron chi connectivity index (χ3n) is 4.30. The molecule has 0 saturated heterocycles. The van der Waals surface area contributed by atoms with E-state index in [2.05, 4.69) is 15.1 Å². The number of aryl methyl sites for hydroxylation is 1. The van der Waals surface area contributed by atoms with Crippen molar-refractivity contribution in [3.63, 3.8) is 0 Å². The van der Waals surface area contributed by atoms with Gasteiger partial charge in [-0.15, -0.1) is 0 Å². The predicted octanol–water partition coefficient (Wildman–Crippen LogP) is 3.59. The minimum atomic E-state index is -1.02. The third kappa shape index (κ3) is 3.28. The summed E-state index contributed by atoms with van der Waals surface area (Å²) in [7, 11) is 0. The van der Waals surface area contributed by atoms with Crippen molar-refractivity contribution < 1.29 is 19.2 Å². The zero-order valence-electron chi connectivity index (χ0n) is 14.2. The maximum absolute atomic E-state index is 10.9. The zero-order chi connectivity index (χ0) is 18.1. The summed E-state index contributed by atoms with van der Waals surface area (Å²) >= 11 is 0. The van der Waals surface area contributed by atoms with Gasteiger partial charge in [-0.3, -0.25) is 4.98 Å². The lowest BCUT2D eigenvalue weighted by atomic mass is 10.1. The summed E-state index contributed by atoms with van der Waals surface area (Å²) in [5.41, 5.74) is 3.54. The highest BCUT2D eigenvalue weighted by Crippen LogP contribution is 2.44. The summed E-state index contributed by atoms with van der Waals surface area (Å²) in [6.45, 7) is 2.18. The van der Waals surface area contributed by atoms with Crippen molar-refractivity contribution in [3.8, 4) is 17.1 Å². The number of hydrogen-bond acceptors (Lipinski definition) is 6. The van der Waals surface area contributed by atoms with E-state index in [9.17, 15) is 4.79 Å². The first-order valence-electron chi connectivity index (χ1n) is 8.35. The molecule has 7 nitrogen and oxygen atoms in total. The second-order valence-corrected chi connectivity index (χ2v) is 6.32. The lowest BCUT2D eigenvalue weighted by Gasteiger charge is -2.07. The van der Waals surface area contributed by atoms with Crippen LogP contribution < -0.4 is 4.74 Å². The summed E-state index contributed by atoms with van der Waals surface area (Å²) in [4.78, 5) is 19.3. The van der Waals surface area contributed by atoms with Gasteiger partial charge in [0.05, 0.1) is 11.1 Å². The predicted molar refractivity (Wildman–Crippen MR) is 92.0 cm³/mol. The quantitative estimate of drug-likeness (QED) is 0.724. The number of aromatic nitrogens is 3.